The molecule has 2 aliphatic carbocycles. The van der Waals surface area contributed by atoms with Crippen LogP contribution < -0.4 is 0 Å². The Morgan fingerprint density at radius 2 is 1.76 bits per heavy atom. The Labute approximate surface area is 126 Å². The predicted octanol–water partition coefficient (Wildman–Crippen LogP) is 5.02. The molecule has 94 valence electrons. The summed E-state index contributed by atoms with van der Waals surface area (Å²) in [7, 11) is 0. The zero-order chi connectivity index (χ0) is 11.0. The van der Waals surface area contributed by atoms with Gasteiger partial charge in [0.1, 0.15) is 0 Å². The second-order valence-electron chi connectivity index (χ2n) is 4.52. The van der Waals surface area contributed by atoms with Gasteiger partial charge >= 0.3 is 102 Å². The first-order valence-electron chi connectivity index (χ1n) is 5.62. The Morgan fingerprint density at radius 1 is 1.12 bits per heavy atom. The first-order chi connectivity index (χ1) is 7.11. The van der Waals surface area contributed by atoms with E-state index >= 15 is 0 Å². The van der Waals surface area contributed by atoms with Crippen LogP contribution in [-0.4, -0.2) is 0 Å². The van der Waals surface area contributed by atoms with Crippen LogP contribution in [-0.2, 0) is 19.2 Å². The van der Waals surface area contributed by atoms with E-state index in [0.29, 0.717) is 5.92 Å². The van der Waals surface area contributed by atoms with Crippen molar-refractivity contribution in [2.45, 2.75) is 34.1 Å². The van der Waals surface area contributed by atoms with Gasteiger partial charge in [0.25, 0.3) is 0 Å². The smallest absolute Gasteiger partial charge is 0.147 e. The first kappa shape index (κ1) is 17.3. The standard InChI is InChI=1S/C9H13.C5H5.2ClH.Ti/c1-6-5-7(2)9(4)8(6)3;1-2-4-5-3-1;;;/h6H,1-4H3;1-3H,4H2;2*1H;. The SMILES string of the molecule is CC1=C(C)C(C)[C]([Ti][C]2=CC=CC2)=C1C.Cl.Cl. The second kappa shape index (κ2) is 6.99. The van der Waals surface area contributed by atoms with E-state index in [9.17, 15) is 0 Å². The Hall–Kier alpha value is 0.254. The quantitative estimate of drug-likeness (QED) is 0.629. The van der Waals surface area contributed by atoms with Gasteiger partial charge in [0.15, 0.2) is 0 Å². The van der Waals surface area contributed by atoms with Gasteiger partial charge in [-0.3, -0.25) is 0 Å². The van der Waals surface area contributed by atoms with Gasteiger partial charge in [-0.15, -0.1) is 24.8 Å². The Morgan fingerprint density at radius 3 is 2.18 bits per heavy atom. The summed E-state index contributed by atoms with van der Waals surface area (Å²) in [4.78, 5) is 0. The molecule has 0 radical (unpaired) electrons. The summed E-state index contributed by atoms with van der Waals surface area (Å²) >= 11 is -0.0244. The molecular weight excluding hydrogens is 287 g/mol. The van der Waals surface area contributed by atoms with E-state index in [2.05, 4.69) is 45.9 Å². The van der Waals surface area contributed by atoms with E-state index in [-0.39, 0.29) is 44.0 Å². The van der Waals surface area contributed by atoms with Gasteiger partial charge in [-0.1, -0.05) is 0 Å². The normalized spacial score (nSPS) is 22.4. The molecule has 0 saturated heterocycles. The number of halogens is 2. The summed E-state index contributed by atoms with van der Waals surface area (Å²) in [5.74, 6) is 0.714. The average Bonchev–Trinajstić information content (AvgIpc) is 2.79. The third-order valence-corrected chi connectivity index (χ3v) is 6.47. The maximum Gasteiger partial charge on any atom is -0.147 e. The molecule has 0 spiro atoms. The van der Waals surface area contributed by atoms with Crippen LogP contribution in [0, 0.1) is 5.92 Å². The van der Waals surface area contributed by atoms with Gasteiger partial charge in [-0.05, 0) is 0 Å². The van der Waals surface area contributed by atoms with Crippen LogP contribution in [0.25, 0.3) is 0 Å². The third kappa shape index (κ3) is 3.38. The fraction of sp³-hybridized carbons (Fsp3) is 0.429. The third-order valence-electron chi connectivity index (χ3n) is 3.71. The minimum absolute atomic E-state index is 0. The monoisotopic (exact) mass is 306 g/mol. The molecule has 0 nitrogen and oxygen atoms in total. The Balaban J connectivity index is 0.00000128. The molecule has 0 aromatic heterocycles. The molecule has 0 aromatic carbocycles. The van der Waals surface area contributed by atoms with Crippen LogP contribution >= 0.6 is 24.8 Å². The number of hydrogen-bond donors (Lipinski definition) is 0. The van der Waals surface area contributed by atoms with Gasteiger partial charge < -0.3 is 0 Å². The summed E-state index contributed by atoms with van der Waals surface area (Å²) in [6, 6.07) is 0. The average molecular weight is 307 g/mol. The molecule has 0 N–H and O–H groups in total. The molecule has 0 aromatic rings. The van der Waals surface area contributed by atoms with Crippen LogP contribution in [0.3, 0.4) is 0 Å². The first-order valence-corrected chi connectivity index (χ1v) is 7.18. The van der Waals surface area contributed by atoms with Crippen molar-refractivity contribution >= 4 is 24.8 Å². The van der Waals surface area contributed by atoms with Crippen LogP contribution in [0.15, 0.2) is 42.7 Å². The van der Waals surface area contributed by atoms with Crippen LogP contribution in [0.2, 0.25) is 0 Å². The van der Waals surface area contributed by atoms with E-state index in [1.54, 1.807) is 24.5 Å². The zero-order valence-electron chi connectivity index (χ0n) is 10.8. The van der Waals surface area contributed by atoms with Crippen molar-refractivity contribution in [1.29, 1.82) is 0 Å². The van der Waals surface area contributed by atoms with Crippen molar-refractivity contribution in [2.75, 3.05) is 0 Å². The van der Waals surface area contributed by atoms with E-state index in [1.807, 2.05) is 0 Å². The van der Waals surface area contributed by atoms with Crippen molar-refractivity contribution in [3.63, 3.8) is 0 Å². The number of hydrogen-bond acceptors (Lipinski definition) is 0. The maximum absolute atomic E-state index is 2.37. The summed E-state index contributed by atoms with van der Waals surface area (Å²) in [6.07, 6.45) is 8.03. The summed E-state index contributed by atoms with van der Waals surface area (Å²) < 4.78 is 3.46. The van der Waals surface area contributed by atoms with Gasteiger partial charge in [-0.2, -0.15) is 0 Å². The van der Waals surface area contributed by atoms with E-state index in [4.69, 9.17) is 0 Å². The molecule has 2 rings (SSSR count). The van der Waals surface area contributed by atoms with Gasteiger partial charge in [0.05, 0.1) is 0 Å². The molecule has 0 amide bonds. The molecular formula is C14H20Cl2Ti. The molecule has 0 heterocycles. The van der Waals surface area contributed by atoms with Gasteiger partial charge in [0.2, 0.25) is 0 Å². The van der Waals surface area contributed by atoms with E-state index in [1.165, 1.54) is 6.42 Å². The van der Waals surface area contributed by atoms with Crippen LogP contribution in [0.1, 0.15) is 34.1 Å². The molecule has 2 aliphatic rings. The van der Waals surface area contributed by atoms with E-state index < -0.39 is 0 Å². The molecule has 1 atom stereocenters. The summed E-state index contributed by atoms with van der Waals surface area (Å²) in [5.41, 5.74) is 4.73. The Bertz CT molecular complexity index is 414. The molecule has 0 fully saturated rings. The van der Waals surface area contributed by atoms with Crippen molar-refractivity contribution in [2.24, 2.45) is 5.92 Å². The number of rotatable bonds is 2. The molecule has 0 aliphatic heterocycles. The zero-order valence-corrected chi connectivity index (χ0v) is 14.0. The molecule has 0 bridgehead atoms. The molecule has 1 unspecified atom stereocenters. The maximum atomic E-state index is 2.37. The van der Waals surface area contributed by atoms with Crippen LogP contribution in [0.5, 0.6) is 0 Å². The minimum Gasteiger partial charge on any atom is -0.147 e. The fourth-order valence-corrected chi connectivity index (χ4v) is 4.70. The fourth-order valence-electron chi connectivity index (χ4n) is 2.28. The summed E-state index contributed by atoms with van der Waals surface area (Å²) in [6.45, 7) is 9.26. The van der Waals surface area contributed by atoms with Crippen LogP contribution in [0.4, 0.5) is 0 Å². The minimum atomic E-state index is -0.0244. The predicted molar refractivity (Wildman–Crippen MR) is 76.6 cm³/mol. The Kier molecular flexibility index (Phi) is 7.10. The molecule has 17 heavy (non-hydrogen) atoms. The van der Waals surface area contributed by atoms with Crippen molar-refractivity contribution in [3.05, 3.63) is 42.7 Å². The van der Waals surface area contributed by atoms with Crippen molar-refractivity contribution in [3.8, 4) is 0 Å². The second-order valence-corrected chi connectivity index (χ2v) is 6.75. The van der Waals surface area contributed by atoms with Gasteiger partial charge in [-0.25, -0.2) is 0 Å². The van der Waals surface area contributed by atoms with Crippen molar-refractivity contribution < 1.29 is 19.2 Å². The molecule has 3 heteroatoms. The topological polar surface area (TPSA) is 0 Å². The van der Waals surface area contributed by atoms with Gasteiger partial charge in [0, 0.05) is 0 Å². The van der Waals surface area contributed by atoms with Crippen molar-refractivity contribution in [1.82, 2.24) is 0 Å². The number of allylic oxidation sites excluding steroid dienone is 8. The summed E-state index contributed by atoms with van der Waals surface area (Å²) in [5, 5.41) is 0. The largest absolute Gasteiger partial charge is 0.147 e. The van der Waals surface area contributed by atoms with E-state index in [0.717, 1.165) is 0 Å². The molecule has 0 saturated carbocycles.